The van der Waals surface area contributed by atoms with E-state index < -0.39 is 15.9 Å². The van der Waals surface area contributed by atoms with Gasteiger partial charge in [-0.3, -0.25) is 4.79 Å². The van der Waals surface area contributed by atoms with Crippen molar-refractivity contribution in [2.45, 2.75) is 45.3 Å². The highest BCUT2D eigenvalue weighted by Gasteiger charge is 2.21. The van der Waals surface area contributed by atoms with Gasteiger partial charge >= 0.3 is 0 Å². The van der Waals surface area contributed by atoms with Gasteiger partial charge in [0.2, 0.25) is 5.89 Å². The van der Waals surface area contributed by atoms with E-state index in [0.29, 0.717) is 29.2 Å². The van der Waals surface area contributed by atoms with Gasteiger partial charge in [-0.2, -0.15) is 0 Å². The van der Waals surface area contributed by atoms with Crippen LogP contribution >= 0.6 is 27.5 Å². The Morgan fingerprint density at radius 3 is 2.57 bits per heavy atom. The number of nitrogens with zero attached hydrogens (tertiary/aromatic N) is 1. The van der Waals surface area contributed by atoms with E-state index in [1.54, 1.807) is 24.3 Å². The molecule has 3 aromatic rings. The summed E-state index contributed by atoms with van der Waals surface area (Å²) in [4.78, 5) is 16.9. The minimum Gasteiger partial charge on any atom is -0.442 e. The number of aromatic nitrogens is 1. The molecule has 1 N–H and O–H groups in total. The zero-order valence-electron chi connectivity index (χ0n) is 19.5. The standard InChI is InChI=1S/C25H26BrClN2O5S/c1-16(2)5-4-6-24-28-22(17(3)34-24)15-33-14-18-7-9-19(10-8-18)25(30)29-35(31,32)23-12-11-20(27)13-21(23)26/h4,6-13,16H,5,14-15H2,1-3H3,(H,29,30)/b6-4+. The fraction of sp³-hybridized carbons (Fsp3) is 0.280. The van der Waals surface area contributed by atoms with Gasteiger partial charge in [-0.25, -0.2) is 18.1 Å². The molecule has 35 heavy (non-hydrogen) atoms. The second-order valence-corrected chi connectivity index (χ2v) is 11.2. The minimum absolute atomic E-state index is 0.0815. The van der Waals surface area contributed by atoms with Crippen LogP contribution in [0.25, 0.3) is 6.08 Å². The van der Waals surface area contributed by atoms with Gasteiger partial charge in [0, 0.05) is 15.1 Å². The van der Waals surface area contributed by atoms with E-state index >= 15 is 0 Å². The Kier molecular flexibility index (Phi) is 9.29. The summed E-state index contributed by atoms with van der Waals surface area (Å²) < 4.78 is 38.9. The van der Waals surface area contributed by atoms with Crippen molar-refractivity contribution in [3.63, 3.8) is 0 Å². The maximum atomic E-state index is 12.6. The number of rotatable bonds is 10. The number of amides is 1. The van der Waals surface area contributed by atoms with Crippen LogP contribution in [0.2, 0.25) is 5.02 Å². The number of benzene rings is 2. The summed E-state index contributed by atoms with van der Waals surface area (Å²) in [5.41, 5.74) is 1.75. The molecule has 0 saturated carbocycles. The Morgan fingerprint density at radius 2 is 1.91 bits per heavy atom. The van der Waals surface area contributed by atoms with Crippen LogP contribution in [0.3, 0.4) is 0 Å². The van der Waals surface area contributed by atoms with Crippen LogP contribution in [0.5, 0.6) is 0 Å². The molecule has 0 spiro atoms. The smallest absolute Gasteiger partial charge is 0.265 e. The van der Waals surface area contributed by atoms with Crippen LogP contribution in [0, 0.1) is 12.8 Å². The Hall–Kier alpha value is -2.46. The molecule has 3 rings (SSSR count). The average molecular weight is 582 g/mol. The summed E-state index contributed by atoms with van der Waals surface area (Å²) in [6, 6.07) is 10.7. The highest BCUT2D eigenvalue weighted by atomic mass is 79.9. The van der Waals surface area contributed by atoms with Crippen molar-refractivity contribution in [1.82, 2.24) is 9.71 Å². The van der Waals surface area contributed by atoms with E-state index in [1.807, 2.05) is 19.1 Å². The Morgan fingerprint density at radius 1 is 1.20 bits per heavy atom. The fourth-order valence-electron chi connectivity index (χ4n) is 3.04. The summed E-state index contributed by atoms with van der Waals surface area (Å²) in [5, 5.41) is 0.373. The minimum atomic E-state index is -4.07. The van der Waals surface area contributed by atoms with Crippen LogP contribution in [0.15, 0.2) is 62.3 Å². The third kappa shape index (κ3) is 7.76. The van der Waals surface area contributed by atoms with Crippen LogP contribution in [-0.4, -0.2) is 19.3 Å². The van der Waals surface area contributed by atoms with E-state index in [1.165, 1.54) is 18.2 Å². The predicted octanol–water partition coefficient (Wildman–Crippen LogP) is 6.29. The Labute approximate surface area is 218 Å². The van der Waals surface area contributed by atoms with Gasteiger partial charge in [0.1, 0.15) is 16.3 Å². The van der Waals surface area contributed by atoms with Gasteiger partial charge < -0.3 is 9.15 Å². The number of oxazole rings is 1. The quantitative estimate of drug-likeness (QED) is 0.302. The van der Waals surface area contributed by atoms with Crippen molar-refractivity contribution >= 4 is 49.5 Å². The molecule has 0 aliphatic carbocycles. The molecule has 0 unspecified atom stereocenters. The summed E-state index contributed by atoms with van der Waals surface area (Å²) in [7, 11) is -4.07. The van der Waals surface area contributed by atoms with Gasteiger partial charge in [-0.15, -0.1) is 0 Å². The first-order valence-corrected chi connectivity index (χ1v) is 13.5. The lowest BCUT2D eigenvalue weighted by Crippen LogP contribution is -2.30. The van der Waals surface area contributed by atoms with Gasteiger partial charge in [-0.1, -0.05) is 43.7 Å². The molecule has 0 atom stereocenters. The molecule has 0 fully saturated rings. The molecular weight excluding hydrogens is 556 g/mol. The number of carbonyl (C=O) groups is 1. The van der Waals surface area contributed by atoms with Crippen molar-refractivity contribution in [3.05, 3.63) is 86.5 Å². The van der Waals surface area contributed by atoms with Crippen molar-refractivity contribution in [2.75, 3.05) is 0 Å². The average Bonchev–Trinajstić information content (AvgIpc) is 3.12. The van der Waals surface area contributed by atoms with Gasteiger partial charge in [0.05, 0.1) is 13.2 Å². The van der Waals surface area contributed by atoms with E-state index in [9.17, 15) is 13.2 Å². The number of aryl methyl sites for hydroxylation is 1. The lowest BCUT2D eigenvalue weighted by molar-refractivity contribution is 0.0979. The molecule has 2 aromatic carbocycles. The Bertz CT molecular complexity index is 1320. The largest absolute Gasteiger partial charge is 0.442 e. The third-order valence-corrected chi connectivity index (χ3v) is 7.45. The highest BCUT2D eigenvalue weighted by molar-refractivity contribution is 9.10. The number of halogens is 2. The molecule has 0 bridgehead atoms. The second-order valence-electron chi connectivity index (χ2n) is 8.29. The number of allylic oxidation sites excluding steroid dienone is 1. The van der Waals surface area contributed by atoms with Crippen LogP contribution < -0.4 is 4.72 Å². The molecule has 0 aliphatic heterocycles. The molecule has 1 aromatic heterocycles. The molecule has 0 radical (unpaired) electrons. The zero-order valence-corrected chi connectivity index (χ0v) is 22.7. The van der Waals surface area contributed by atoms with Crippen molar-refractivity contribution in [2.24, 2.45) is 5.92 Å². The highest BCUT2D eigenvalue weighted by Crippen LogP contribution is 2.25. The fourth-order valence-corrected chi connectivity index (χ4v) is 5.40. The van der Waals surface area contributed by atoms with Gasteiger partial charge in [0.25, 0.3) is 15.9 Å². The summed E-state index contributed by atoms with van der Waals surface area (Å²) in [6.45, 7) is 6.71. The topological polar surface area (TPSA) is 98.5 Å². The van der Waals surface area contributed by atoms with Crippen LogP contribution in [-0.2, 0) is 28.0 Å². The lowest BCUT2D eigenvalue weighted by Gasteiger charge is -2.09. The third-order valence-electron chi connectivity index (χ3n) is 4.91. The molecular formula is C25H26BrClN2O5S. The number of nitrogens with one attached hydrogen (secondary N) is 1. The van der Waals surface area contributed by atoms with Crippen molar-refractivity contribution < 1.29 is 22.4 Å². The summed E-state index contributed by atoms with van der Waals surface area (Å²) in [6.07, 6.45) is 4.86. The Balaban J connectivity index is 1.55. The first-order valence-electron chi connectivity index (χ1n) is 10.9. The molecule has 0 aliphatic rings. The molecule has 1 amide bonds. The number of hydrogen-bond acceptors (Lipinski definition) is 6. The van der Waals surface area contributed by atoms with E-state index in [0.717, 1.165) is 17.7 Å². The van der Waals surface area contributed by atoms with E-state index in [4.69, 9.17) is 20.8 Å². The van der Waals surface area contributed by atoms with Gasteiger partial charge in [-0.05, 0) is 77.2 Å². The maximum Gasteiger partial charge on any atom is 0.265 e. The normalized spacial score (nSPS) is 11.9. The SMILES string of the molecule is Cc1oc(/C=C/CC(C)C)nc1COCc1ccc(C(=O)NS(=O)(=O)c2ccc(Cl)cc2Br)cc1. The van der Waals surface area contributed by atoms with Crippen molar-refractivity contribution in [3.8, 4) is 0 Å². The number of sulfonamides is 1. The van der Waals surface area contributed by atoms with Crippen LogP contribution in [0.4, 0.5) is 0 Å². The predicted molar refractivity (Wildman–Crippen MR) is 138 cm³/mol. The van der Waals surface area contributed by atoms with E-state index in [-0.39, 0.29) is 21.5 Å². The number of carbonyl (C=O) groups excluding carboxylic acids is 1. The summed E-state index contributed by atoms with van der Waals surface area (Å²) >= 11 is 9.02. The van der Waals surface area contributed by atoms with Gasteiger partial charge in [0.15, 0.2) is 0 Å². The first kappa shape index (κ1) is 27.1. The lowest BCUT2D eigenvalue weighted by atomic mass is 10.1. The zero-order chi connectivity index (χ0) is 25.6. The van der Waals surface area contributed by atoms with E-state index in [2.05, 4.69) is 39.5 Å². The monoisotopic (exact) mass is 580 g/mol. The molecule has 10 heteroatoms. The number of hydrogen-bond donors (Lipinski definition) is 1. The second kappa shape index (κ2) is 12.0. The molecule has 0 saturated heterocycles. The number of ether oxygens (including phenoxy) is 1. The van der Waals surface area contributed by atoms with Crippen molar-refractivity contribution in [1.29, 1.82) is 0 Å². The maximum absolute atomic E-state index is 12.6. The first-order chi connectivity index (χ1) is 16.5. The molecule has 186 valence electrons. The molecule has 1 heterocycles. The molecule has 7 nitrogen and oxygen atoms in total. The summed E-state index contributed by atoms with van der Waals surface area (Å²) in [5.74, 6) is 1.08. The van der Waals surface area contributed by atoms with Crippen LogP contribution in [0.1, 0.15) is 53.5 Å².